The largest absolute Gasteiger partial charge is 0.0848 e. The molecule has 4 bridgehead atoms. The predicted octanol–water partition coefficient (Wildman–Crippen LogP) is 3.88. The van der Waals surface area contributed by atoms with E-state index in [1.807, 2.05) is 0 Å². The molecule has 0 radical (unpaired) electrons. The van der Waals surface area contributed by atoms with Gasteiger partial charge in [-0.3, -0.25) is 0 Å². The Labute approximate surface area is 93.1 Å². The molecule has 82 valence electrons. The molecule has 7 atom stereocenters. The maximum Gasteiger partial charge on any atom is -0.0194 e. The van der Waals surface area contributed by atoms with Crippen molar-refractivity contribution in [3.05, 3.63) is 12.2 Å². The lowest BCUT2D eigenvalue weighted by Crippen LogP contribution is -2.30. The van der Waals surface area contributed by atoms with E-state index in [2.05, 4.69) is 19.1 Å². The van der Waals surface area contributed by atoms with Gasteiger partial charge in [-0.2, -0.15) is 0 Å². The van der Waals surface area contributed by atoms with Crippen molar-refractivity contribution in [2.45, 2.75) is 39.0 Å². The van der Waals surface area contributed by atoms with Gasteiger partial charge in [-0.05, 0) is 60.7 Å². The lowest BCUT2D eigenvalue weighted by Gasteiger charge is -2.36. The maximum atomic E-state index is 2.57. The van der Waals surface area contributed by atoms with Gasteiger partial charge in [0.25, 0.3) is 0 Å². The van der Waals surface area contributed by atoms with Crippen LogP contribution in [0, 0.1) is 41.4 Å². The third-order valence-electron chi connectivity index (χ3n) is 6.07. The van der Waals surface area contributed by atoms with Crippen LogP contribution in [-0.4, -0.2) is 0 Å². The molecule has 7 unspecified atom stereocenters. The van der Waals surface area contributed by atoms with Crippen molar-refractivity contribution in [2.24, 2.45) is 41.4 Å². The first kappa shape index (κ1) is 8.84. The molecule has 3 saturated carbocycles. The summed E-state index contributed by atoms with van der Waals surface area (Å²) in [6.45, 7) is 2.37. The van der Waals surface area contributed by atoms with Gasteiger partial charge in [0.2, 0.25) is 0 Å². The Hall–Kier alpha value is -0.260. The molecule has 0 aromatic carbocycles. The highest BCUT2D eigenvalue weighted by atomic mass is 14.6. The molecule has 0 nitrogen and oxygen atoms in total. The standard InChI is InChI=1S/C15H22/c1-2-3-9-6-12-8-13(9)15-11-5-4-10(7-11)14(12)15/h4-5,9-15H,2-3,6-8H2,1H3. The molecule has 4 aliphatic carbocycles. The number of hydrogen-bond acceptors (Lipinski definition) is 0. The highest BCUT2D eigenvalue weighted by Crippen LogP contribution is 2.67. The average molecular weight is 202 g/mol. The molecule has 15 heavy (non-hydrogen) atoms. The molecule has 0 aromatic heterocycles. The first-order chi connectivity index (χ1) is 7.38. The van der Waals surface area contributed by atoms with Crippen LogP contribution in [0.5, 0.6) is 0 Å². The first-order valence-electron chi connectivity index (χ1n) is 7.06. The van der Waals surface area contributed by atoms with Crippen LogP contribution >= 0.6 is 0 Å². The Balaban J connectivity index is 1.63. The van der Waals surface area contributed by atoms with Gasteiger partial charge in [0, 0.05) is 0 Å². The highest BCUT2D eigenvalue weighted by molar-refractivity contribution is 5.20. The highest BCUT2D eigenvalue weighted by Gasteiger charge is 2.60. The van der Waals surface area contributed by atoms with Crippen LogP contribution in [0.2, 0.25) is 0 Å². The minimum absolute atomic E-state index is 1.01. The van der Waals surface area contributed by atoms with Crippen LogP contribution in [0.1, 0.15) is 39.0 Å². The van der Waals surface area contributed by atoms with E-state index in [1.165, 1.54) is 19.3 Å². The fraction of sp³-hybridized carbons (Fsp3) is 0.867. The minimum atomic E-state index is 1.01. The second-order valence-electron chi connectivity index (χ2n) is 6.55. The van der Waals surface area contributed by atoms with E-state index in [9.17, 15) is 0 Å². The van der Waals surface area contributed by atoms with Gasteiger partial charge in [-0.1, -0.05) is 31.9 Å². The van der Waals surface area contributed by atoms with Gasteiger partial charge in [-0.15, -0.1) is 0 Å². The van der Waals surface area contributed by atoms with Gasteiger partial charge in [0.1, 0.15) is 0 Å². The zero-order valence-electron chi connectivity index (χ0n) is 9.73. The van der Waals surface area contributed by atoms with E-state index in [4.69, 9.17) is 0 Å². The van der Waals surface area contributed by atoms with Gasteiger partial charge in [0.05, 0.1) is 0 Å². The molecular formula is C15H22. The van der Waals surface area contributed by atoms with Gasteiger partial charge in [0.15, 0.2) is 0 Å². The van der Waals surface area contributed by atoms with Crippen LogP contribution in [-0.2, 0) is 0 Å². The molecule has 0 saturated heterocycles. The second-order valence-corrected chi connectivity index (χ2v) is 6.55. The summed E-state index contributed by atoms with van der Waals surface area (Å²) in [6.07, 6.45) is 12.8. The lowest BCUT2D eigenvalue weighted by molar-refractivity contribution is 0.143. The van der Waals surface area contributed by atoms with E-state index >= 15 is 0 Å². The fourth-order valence-electron chi connectivity index (χ4n) is 5.86. The first-order valence-corrected chi connectivity index (χ1v) is 7.06. The van der Waals surface area contributed by atoms with E-state index in [0.717, 1.165) is 41.4 Å². The summed E-state index contributed by atoms with van der Waals surface area (Å²) < 4.78 is 0. The molecule has 0 aromatic rings. The molecule has 4 aliphatic rings. The van der Waals surface area contributed by atoms with Crippen molar-refractivity contribution in [1.82, 2.24) is 0 Å². The normalized spacial score (nSPS) is 59.1. The molecule has 3 fully saturated rings. The van der Waals surface area contributed by atoms with Crippen molar-refractivity contribution in [1.29, 1.82) is 0 Å². The van der Waals surface area contributed by atoms with Gasteiger partial charge >= 0.3 is 0 Å². The quantitative estimate of drug-likeness (QED) is 0.471. The average Bonchev–Trinajstić information content (AvgIpc) is 2.95. The van der Waals surface area contributed by atoms with Crippen LogP contribution in [0.15, 0.2) is 12.2 Å². The van der Waals surface area contributed by atoms with Gasteiger partial charge in [-0.25, -0.2) is 0 Å². The van der Waals surface area contributed by atoms with E-state index < -0.39 is 0 Å². The molecular weight excluding hydrogens is 180 g/mol. The van der Waals surface area contributed by atoms with Crippen LogP contribution in [0.25, 0.3) is 0 Å². The number of hydrogen-bond donors (Lipinski definition) is 0. The summed E-state index contributed by atoms with van der Waals surface area (Å²) in [6, 6.07) is 0. The van der Waals surface area contributed by atoms with Crippen molar-refractivity contribution in [2.75, 3.05) is 0 Å². The van der Waals surface area contributed by atoms with Crippen molar-refractivity contribution in [3.63, 3.8) is 0 Å². The second kappa shape index (κ2) is 2.90. The molecule has 0 heteroatoms. The van der Waals surface area contributed by atoms with Crippen LogP contribution < -0.4 is 0 Å². The number of fused-ring (bicyclic) bond motifs is 9. The zero-order chi connectivity index (χ0) is 9.99. The summed E-state index contributed by atoms with van der Waals surface area (Å²) in [5, 5.41) is 0. The SMILES string of the molecule is CCCC1CC2CC1C1C3C=CC(C3)C21. The fourth-order valence-corrected chi connectivity index (χ4v) is 5.86. The van der Waals surface area contributed by atoms with Gasteiger partial charge < -0.3 is 0 Å². The Morgan fingerprint density at radius 3 is 2.60 bits per heavy atom. The Kier molecular flexibility index (Phi) is 1.71. The lowest BCUT2D eigenvalue weighted by atomic mass is 9.68. The maximum absolute atomic E-state index is 2.57. The third kappa shape index (κ3) is 0.990. The predicted molar refractivity (Wildman–Crippen MR) is 62.3 cm³/mol. The van der Waals surface area contributed by atoms with Crippen molar-refractivity contribution in [3.8, 4) is 0 Å². The van der Waals surface area contributed by atoms with E-state index in [0.29, 0.717) is 0 Å². The summed E-state index contributed by atoms with van der Waals surface area (Å²) in [5.74, 6) is 7.69. The minimum Gasteiger partial charge on any atom is -0.0848 e. The van der Waals surface area contributed by atoms with Crippen molar-refractivity contribution >= 4 is 0 Å². The molecule has 0 heterocycles. The molecule has 0 spiro atoms. The molecule has 0 amide bonds. The Morgan fingerprint density at radius 1 is 1.00 bits per heavy atom. The summed E-state index contributed by atoms with van der Waals surface area (Å²) >= 11 is 0. The molecule has 4 rings (SSSR count). The molecule has 0 N–H and O–H groups in total. The Bertz CT molecular complexity index is 303. The molecule has 0 aliphatic heterocycles. The van der Waals surface area contributed by atoms with Crippen molar-refractivity contribution < 1.29 is 0 Å². The van der Waals surface area contributed by atoms with Crippen LogP contribution in [0.3, 0.4) is 0 Å². The smallest absolute Gasteiger partial charge is 0.0194 e. The number of allylic oxidation sites excluding steroid dienone is 2. The number of rotatable bonds is 2. The zero-order valence-corrected chi connectivity index (χ0v) is 9.73. The van der Waals surface area contributed by atoms with E-state index in [1.54, 1.807) is 12.8 Å². The topological polar surface area (TPSA) is 0 Å². The summed E-state index contributed by atoms with van der Waals surface area (Å²) in [4.78, 5) is 0. The van der Waals surface area contributed by atoms with Crippen LogP contribution in [0.4, 0.5) is 0 Å². The monoisotopic (exact) mass is 202 g/mol. The van der Waals surface area contributed by atoms with E-state index in [-0.39, 0.29) is 0 Å². The summed E-state index contributed by atoms with van der Waals surface area (Å²) in [7, 11) is 0. The third-order valence-corrected chi connectivity index (χ3v) is 6.07. The Morgan fingerprint density at radius 2 is 1.80 bits per heavy atom. The summed E-state index contributed by atoms with van der Waals surface area (Å²) in [5.41, 5.74) is 0.